The molecule has 2 N–H and O–H groups in total. The summed E-state index contributed by atoms with van der Waals surface area (Å²) < 4.78 is 0. The van der Waals surface area contributed by atoms with E-state index in [-0.39, 0.29) is 0 Å². The van der Waals surface area contributed by atoms with Gasteiger partial charge in [-0.2, -0.15) is 0 Å². The Morgan fingerprint density at radius 3 is 2.68 bits per heavy atom. The van der Waals surface area contributed by atoms with Crippen LogP contribution in [0, 0.1) is 0 Å². The van der Waals surface area contributed by atoms with Gasteiger partial charge in [-0.05, 0) is 39.3 Å². The second-order valence-corrected chi connectivity index (χ2v) is 6.60. The number of likely N-dealkylation sites (N-methyl/N-ethyl adjacent to an activating group) is 1. The van der Waals surface area contributed by atoms with Gasteiger partial charge in [-0.15, -0.1) is 5.53 Å². The highest BCUT2D eigenvalue weighted by atomic mass is 15.7. The van der Waals surface area contributed by atoms with E-state index in [4.69, 9.17) is 0 Å². The van der Waals surface area contributed by atoms with Crippen molar-refractivity contribution < 1.29 is 0 Å². The molecule has 4 nitrogen and oxygen atoms in total. The maximum Gasteiger partial charge on any atom is 0.0868 e. The van der Waals surface area contributed by atoms with E-state index >= 15 is 0 Å². The SMILES string of the molecule is C=C/C1=C(\C=C/C)C2=C(c3ccccc3CN1CC)N(C(C)C)NN2. The fraction of sp³-hybridized carbons (Fsp3) is 0.333. The highest BCUT2D eigenvalue weighted by molar-refractivity contribution is 5.76. The fourth-order valence-electron chi connectivity index (χ4n) is 3.53. The van der Waals surface area contributed by atoms with Gasteiger partial charge >= 0.3 is 0 Å². The first kappa shape index (κ1) is 17.4. The minimum absolute atomic E-state index is 0.328. The van der Waals surface area contributed by atoms with Crippen LogP contribution in [0.25, 0.3) is 5.70 Å². The zero-order valence-electron chi connectivity index (χ0n) is 15.6. The van der Waals surface area contributed by atoms with Crippen LogP contribution in [0.15, 0.2) is 66.0 Å². The van der Waals surface area contributed by atoms with Crippen molar-refractivity contribution in [1.29, 1.82) is 0 Å². The first-order chi connectivity index (χ1) is 12.1. The van der Waals surface area contributed by atoms with Crippen molar-refractivity contribution in [2.75, 3.05) is 6.54 Å². The summed E-state index contributed by atoms with van der Waals surface area (Å²) >= 11 is 0. The maximum absolute atomic E-state index is 4.09. The van der Waals surface area contributed by atoms with Crippen molar-refractivity contribution in [2.24, 2.45) is 0 Å². The Morgan fingerprint density at radius 1 is 1.28 bits per heavy atom. The molecule has 1 aromatic carbocycles. The van der Waals surface area contributed by atoms with E-state index in [1.54, 1.807) is 0 Å². The quantitative estimate of drug-likeness (QED) is 0.872. The molecule has 2 heterocycles. The third-order valence-electron chi connectivity index (χ3n) is 4.72. The van der Waals surface area contributed by atoms with E-state index < -0.39 is 0 Å². The van der Waals surface area contributed by atoms with Crippen molar-refractivity contribution in [2.45, 2.75) is 40.3 Å². The summed E-state index contributed by atoms with van der Waals surface area (Å²) in [6.45, 7) is 14.5. The van der Waals surface area contributed by atoms with Gasteiger partial charge in [-0.3, -0.25) is 5.01 Å². The van der Waals surface area contributed by atoms with Gasteiger partial charge in [0, 0.05) is 36.0 Å². The van der Waals surface area contributed by atoms with Gasteiger partial charge in [0.2, 0.25) is 0 Å². The molecule has 0 spiro atoms. The molecular formula is C21H28N4. The molecule has 25 heavy (non-hydrogen) atoms. The molecule has 132 valence electrons. The van der Waals surface area contributed by atoms with Gasteiger partial charge in [0.15, 0.2) is 0 Å². The lowest BCUT2D eigenvalue weighted by atomic mass is 9.95. The summed E-state index contributed by atoms with van der Waals surface area (Å²) in [6, 6.07) is 9.00. The first-order valence-corrected chi connectivity index (χ1v) is 9.00. The third kappa shape index (κ3) is 2.98. The van der Waals surface area contributed by atoms with Crippen LogP contribution in [-0.2, 0) is 6.54 Å². The summed E-state index contributed by atoms with van der Waals surface area (Å²) in [5.41, 5.74) is 14.0. The average Bonchev–Trinajstić information content (AvgIpc) is 3.04. The van der Waals surface area contributed by atoms with Crippen molar-refractivity contribution >= 4 is 5.70 Å². The number of nitrogens with zero attached hydrogens (tertiary/aromatic N) is 2. The summed E-state index contributed by atoms with van der Waals surface area (Å²) in [5, 5.41) is 2.21. The lowest BCUT2D eigenvalue weighted by Gasteiger charge is -2.32. The molecule has 0 saturated carbocycles. The van der Waals surface area contributed by atoms with E-state index in [2.05, 4.69) is 91.6 Å². The second kappa shape index (κ2) is 7.19. The van der Waals surface area contributed by atoms with Gasteiger partial charge in [0.05, 0.1) is 11.4 Å². The molecule has 1 aromatic rings. The molecule has 2 aliphatic rings. The normalized spacial score (nSPS) is 20.5. The Balaban J connectivity index is 2.35. The van der Waals surface area contributed by atoms with Crippen LogP contribution in [0.4, 0.5) is 0 Å². The number of hydrazine groups is 2. The molecule has 0 radical (unpaired) electrons. The lowest BCUT2D eigenvalue weighted by Crippen LogP contribution is -2.42. The molecule has 3 rings (SSSR count). The molecule has 0 saturated heterocycles. The van der Waals surface area contributed by atoms with Crippen LogP contribution in [0.3, 0.4) is 0 Å². The van der Waals surface area contributed by atoms with E-state index in [0.717, 1.165) is 24.5 Å². The summed E-state index contributed by atoms with van der Waals surface area (Å²) in [6.07, 6.45) is 6.23. The van der Waals surface area contributed by atoms with Crippen LogP contribution in [0.1, 0.15) is 38.8 Å². The zero-order valence-corrected chi connectivity index (χ0v) is 15.6. The van der Waals surface area contributed by atoms with Gasteiger partial charge in [0.25, 0.3) is 0 Å². The Bertz CT molecular complexity index is 755. The van der Waals surface area contributed by atoms with Crippen molar-refractivity contribution in [3.05, 3.63) is 77.2 Å². The van der Waals surface area contributed by atoms with Gasteiger partial charge < -0.3 is 10.3 Å². The number of hydrogen-bond donors (Lipinski definition) is 2. The number of fused-ring (bicyclic) bond motifs is 2. The molecule has 2 aliphatic heterocycles. The van der Waals surface area contributed by atoms with Crippen LogP contribution < -0.4 is 11.0 Å². The topological polar surface area (TPSA) is 30.5 Å². The molecule has 0 fully saturated rings. The maximum atomic E-state index is 4.09. The predicted molar refractivity (Wildman–Crippen MR) is 105 cm³/mol. The number of benzene rings is 1. The number of allylic oxidation sites excluding steroid dienone is 3. The molecule has 0 unspecified atom stereocenters. The molecule has 0 bridgehead atoms. The summed E-state index contributed by atoms with van der Waals surface area (Å²) in [7, 11) is 0. The van der Waals surface area contributed by atoms with Crippen molar-refractivity contribution in [3.63, 3.8) is 0 Å². The van der Waals surface area contributed by atoms with Crippen molar-refractivity contribution in [3.8, 4) is 0 Å². The van der Waals surface area contributed by atoms with E-state index in [1.165, 1.54) is 22.4 Å². The smallest absolute Gasteiger partial charge is 0.0868 e. The largest absolute Gasteiger partial charge is 0.367 e. The van der Waals surface area contributed by atoms with Crippen LogP contribution in [0.5, 0.6) is 0 Å². The van der Waals surface area contributed by atoms with Gasteiger partial charge in [-0.25, -0.2) is 0 Å². The van der Waals surface area contributed by atoms with E-state index in [1.807, 2.05) is 6.08 Å². The Morgan fingerprint density at radius 2 is 2.04 bits per heavy atom. The number of nitrogens with one attached hydrogen (secondary N) is 2. The zero-order chi connectivity index (χ0) is 18.0. The second-order valence-electron chi connectivity index (χ2n) is 6.60. The predicted octanol–water partition coefficient (Wildman–Crippen LogP) is 3.94. The molecule has 4 heteroatoms. The standard InChI is InChI=1S/C21H28N4/c1-6-11-18-19(7-2)24(8-3)14-16-12-9-10-13-17(16)21-20(18)22-23-25(21)15(4)5/h6-7,9-13,15,22-23H,2,8,14H2,1,3-5H3/b11-6-,19-18-. The minimum Gasteiger partial charge on any atom is -0.367 e. The average molecular weight is 336 g/mol. The van der Waals surface area contributed by atoms with Crippen molar-refractivity contribution in [1.82, 2.24) is 20.9 Å². The van der Waals surface area contributed by atoms with Gasteiger partial charge in [0.1, 0.15) is 0 Å². The Kier molecular flexibility index (Phi) is 5.00. The minimum atomic E-state index is 0.328. The Labute approximate surface area is 151 Å². The molecule has 0 atom stereocenters. The van der Waals surface area contributed by atoms with Crippen LogP contribution in [0.2, 0.25) is 0 Å². The fourth-order valence-corrected chi connectivity index (χ4v) is 3.53. The molecule has 0 aromatic heterocycles. The highest BCUT2D eigenvalue weighted by Crippen LogP contribution is 2.36. The molecular weight excluding hydrogens is 308 g/mol. The third-order valence-corrected chi connectivity index (χ3v) is 4.72. The molecule has 0 aliphatic carbocycles. The highest BCUT2D eigenvalue weighted by Gasteiger charge is 2.31. The summed E-state index contributed by atoms with van der Waals surface area (Å²) in [5.74, 6) is 0. The van der Waals surface area contributed by atoms with E-state index in [9.17, 15) is 0 Å². The van der Waals surface area contributed by atoms with Crippen LogP contribution >= 0.6 is 0 Å². The van der Waals surface area contributed by atoms with Gasteiger partial charge in [-0.1, -0.05) is 43.0 Å². The number of rotatable bonds is 4. The Hall–Kier alpha value is -2.46. The lowest BCUT2D eigenvalue weighted by molar-refractivity contribution is 0.235. The monoisotopic (exact) mass is 336 g/mol. The number of hydrogen-bond acceptors (Lipinski definition) is 4. The van der Waals surface area contributed by atoms with E-state index in [0.29, 0.717) is 6.04 Å². The first-order valence-electron chi connectivity index (χ1n) is 9.00. The molecule has 0 amide bonds. The summed E-state index contributed by atoms with van der Waals surface area (Å²) in [4.78, 5) is 2.38. The van der Waals surface area contributed by atoms with Crippen LogP contribution in [-0.4, -0.2) is 22.5 Å².